The molecule has 0 saturated heterocycles. The van der Waals surface area contributed by atoms with Crippen molar-refractivity contribution in [2.24, 2.45) is 0 Å². The highest BCUT2D eigenvalue weighted by Crippen LogP contribution is 2.29. The molecule has 1 aliphatic heterocycles. The number of hydrogen-bond donors (Lipinski definition) is 1. The summed E-state index contributed by atoms with van der Waals surface area (Å²) in [5, 5.41) is 0. The minimum absolute atomic E-state index is 0.0703. The Morgan fingerprint density at radius 2 is 1.81 bits per heavy atom. The number of carbonyl (C=O) groups excluding carboxylic acids is 1. The molecule has 1 heterocycles. The van der Waals surface area contributed by atoms with E-state index in [1.54, 1.807) is 12.1 Å². The SMILES string of the molecule is CC(=O)c1cccc(S(=O)(=O)NCCS(=O)(=O)N2CCc3ccccc32)c1. The van der Waals surface area contributed by atoms with E-state index in [1.165, 1.54) is 35.5 Å². The number of Topliss-reactive ketones (excluding diaryl/α,β-unsaturated/α-hetero) is 1. The van der Waals surface area contributed by atoms with Crippen LogP contribution in [0.4, 0.5) is 5.69 Å². The lowest BCUT2D eigenvalue weighted by molar-refractivity contribution is 0.101. The molecule has 0 unspecified atom stereocenters. The molecule has 7 nitrogen and oxygen atoms in total. The fourth-order valence-corrected chi connectivity index (χ4v) is 5.61. The van der Waals surface area contributed by atoms with Gasteiger partial charge in [0.05, 0.1) is 16.3 Å². The Morgan fingerprint density at radius 3 is 2.56 bits per heavy atom. The van der Waals surface area contributed by atoms with E-state index in [-0.39, 0.29) is 28.5 Å². The lowest BCUT2D eigenvalue weighted by atomic mass is 10.2. The van der Waals surface area contributed by atoms with Crippen molar-refractivity contribution in [1.82, 2.24) is 4.72 Å². The highest BCUT2D eigenvalue weighted by atomic mass is 32.2. The van der Waals surface area contributed by atoms with Crippen LogP contribution in [-0.2, 0) is 26.5 Å². The van der Waals surface area contributed by atoms with Gasteiger partial charge in [0.25, 0.3) is 0 Å². The van der Waals surface area contributed by atoms with Gasteiger partial charge in [-0.3, -0.25) is 9.10 Å². The molecule has 1 N–H and O–H groups in total. The first-order valence-corrected chi connectivity index (χ1v) is 11.5. The van der Waals surface area contributed by atoms with Gasteiger partial charge in [-0.2, -0.15) is 0 Å². The number of hydrogen-bond acceptors (Lipinski definition) is 5. The van der Waals surface area contributed by atoms with E-state index in [0.717, 1.165) is 5.56 Å². The summed E-state index contributed by atoms with van der Waals surface area (Å²) in [7, 11) is -7.56. The molecule has 0 radical (unpaired) electrons. The summed E-state index contributed by atoms with van der Waals surface area (Å²) >= 11 is 0. The van der Waals surface area contributed by atoms with Gasteiger partial charge in [-0.25, -0.2) is 21.6 Å². The summed E-state index contributed by atoms with van der Waals surface area (Å²) in [6.07, 6.45) is 0.638. The number of nitrogens with one attached hydrogen (secondary N) is 1. The fraction of sp³-hybridized carbons (Fsp3) is 0.278. The molecule has 0 aromatic heterocycles. The summed E-state index contributed by atoms with van der Waals surface area (Å²) in [6, 6.07) is 12.9. The van der Waals surface area contributed by atoms with Gasteiger partial charge in [0, 0.05) is 18.7 Å². The second-order valence-electron chi connectivity index (χ2n) is 6.25. The maximum Gasteiger partial charge on any atom is 0.240 e. The van der Waals surface area contributed by atoms with Crippen molar-refractivity contribution in [3.8, 4) is 0 Å². The van der Waals surface area contributed by atoms with Crippen LogP contribution in [0.5, 0.6) is 0 Å². The molecule has 144 valence electrons. The zero-order valence-corrected chi connectivity index (χ0v) is 16.4. The number of fused-ring (bicyclic) bond motifs is 1. The predicted molar refractivity (Wildman–Crippen MR) is 103 cm³/mol. The predicted octanol–water partition coefficient (Wildman–Crippen LogP) is 1.56. The highest BCUT2D eigenvalue weighted by Gasteiger charge is 2.29. The van der Waals surface area contributed by atoms with Gasteiger partial charge in [0.1, 0.15) is 0 Å². The Morgan fingerprint density at radius 1 is 1.07 bits per heavy atom. The topological polar surface area (TPSA) is 101 Å². The van der Waals surface area contributed by atoms with Crippen LogP contribution in [0.25, 0.3) is 0 Å². The largest absolute Gasteiger partial charge is 0.295 e. The minimum atomic E-state index is -3.91. The van der Waals surface area contributed by atoms with Crippen molar-refractivity contribution >= 4 is 31.5 Å². The second kappa shape index (κ2) is 7.41. The van der Waals surface area contributed by atoms with Crippen molar-refractivity contribution in [2.75, 3.05) is 23.1 Å². The lowest BCUT2D eigenvalue weighted by Crippen LogP contribution is -2.37. The first-order chi connectivity index (χ1) is 12.7. The summed E-state index contributed by atoms with van der Waals surface area (Å²) in [5.74, 6) is -0.602. The maximum atomic E-state index is 12.6. The van der Waals surface area contributed by atoms with Crippen LogP contribution in [0.15, 0.2) is 53.4 Å². The zero-order valence-electron chi connectivity index (χ0n) is 14.8. The monoisotopic (exact) mass is 408 g/mol. The summed E-state index contributed by atoms with van der Waals surface area (Å²) in [6.45, 7) is 1.45. The number of para-hydroxylation sites is 1. The smallest absolute Gasteiger partial charge is 0.240 e. The summed E-state index contributed by atoms with van der Waals surface area (Å²) in [5.41, 5.74) is 1.89. The standard InChI is InChI=1S/C18H20N2O5S2/c1-14(21)16-6-4-7-17(13-16)27(24,25)19-10-12-26(22,23)20-11-9-15-5-2-3-8-18(15)20/h2-8,13,19H,9-12H2,1H3. The lowest BCUT2D eigenvalue weighted by Gasteiger charge is -2.19. The molecule has 1 aliphatic rings. The maximum absolute atomic E-state index is 12.6. The van der Waals surface area contributed by atoms with Gasteiger partial charge >= 0.3 is 0 Å². The molecule has 0 atom stereocenters. The van der Waals surface area contributed by atoms with E-state index in [9.17, 15) is 21.6 Å². The van der Waals surface area contributed by atoms with E-state index in [4.69, 9.17) is 0 Å². The Labute approximate surface area is 159 Å². The van der Waals surface area contributed by atoms with Crippen molar-refractivity contribution in [3.63, 3.8) is 0 Å². The van der Waals surface area contributed by atoms with Crippen LogP contribution in [0.3, 0.4) is 0 Å². The third-order valence-electron chi connectivity index (χ3n) is 4.38. The number of benzene rings is 2. The van der Waals surface area contributed by atoms with Crippen LogP contribution < -0.4 is 9.03 Å². The number of sulfonamides is 2. The molecule has 27 heavy (non-hydrogen) atoms. The second-order valence-corrected chi connectivity index (χ2v) is 10.0. The molecule has 2 aromatic carbocycles. The van der Waals surface area contributed by atoms with Gasteiger partial charge in [0.2, 0.25) is 20.0 Å². The fourth-order valence-electron chi connectivity index (χ4n) is 2.98. The van der Waals surface area contributed by atoms with Gasteiger partial charge in [-0.1, -0.05) is 30.3 Å². The Hall–Kier alpha value is -2.23. The van der Waals surface area contributed by atoms with Crippen LogP contribution in [0, 0.1) is 0 Å². The Balaban J connectivity index is 1.69. The Kier molecular flexibility index (Phi) is 5.36. The van der Waals surface area contributed by atoms with Crippen LogP contribution in [0.1, 0.15) is 22.8 Å². The first kappa shape index (κ1) is 19.5. The molecule has 0 saturated carbocycles. The molecule has 0 aliphatic carbocycles. The van der Waals surface area contributed by atoms with E-state index in [0.29, 0.717) is 18.7 Å². The number of nitrogens with zero attached hydrogens (tertiary/aromatic N) is 1. The zero-order chi connectivity index (χ0) is 19.7. The quantitative estimate of drug-likeness (QED) is 0.701. The molecule has 0 fully saturated rings. The molecule has 3 rings (SSSR count). The highest BCUT2D eigenvalue weighted by molar-refractivity contribution is 7.93. The Bertz CT molecular complexity index is 1080. The van der Waals surface area contributed by atoms with Crippen LogP contribution >= 0.6 is 0 Å². The average Bonchev–Trinajstić information content (AvgIpc) is 3.06. The third-order valence-corrected chi connectivity index (χ3v) is 7.61. The van der Waals surface area contributed by atoms with E-state index in [1.807, 2.05) is 12.1 Å². The van der Waals surface area contributed by atoms with Gasteiger partial charge in [0.15, 0.2) is 5.78 Å². The summed E-state index contributed by atoms with van der Waals surface area (Å²) < 4.78 is 53.6. The number of ketones is 1. The molecular formula is C18H20N2O5S2. The van der Waals surface area contributed by atoms with E-state index >= 15 is 0 Å². The molecule has 0 bridgehead atoms. The molecule has 9 heteroatoms. The van der Waals surface area contributed by atoms with Gasteiger partial charge in [-0.15, -0.1) is 0 Å². The third kappa shape index (κ3) is 4.20. The summed E-state index contributed by atoms with van der Waals surface area (Å²) in [4.78, 5) is 11.3. The number of anilines is 1. The number of rotatable bonds is 7. The van der Waals surface area contributed by atoms with Crippen molar-refractivity contribution in [1.29, 1.82) is 0 Å². The first-order valence-electron chi connectivity index (χ1n) is 8.40. The number of carbonyl (C=O) groups is 1. The molecule has 0 amide bonds. The normalized spacial score (nSPS) is 14.2. The molecular weight excluding hydrogens is 388 g/mol. The van der Waals surface area contributed by atoms with Crippen molar-refractivity contribution in [2.45, 2.75) is 18.2 Å². The average molecular weight is 409 g/mol. The van der Waals surface area contributed by atoms with Crippen LogP contribution in [0.2, 0.25) is 0 Å². The molecule has 2 aromatic rings. The van der Waals surface area contributed by atoms with Gasteiger partial charge in [-0.05, 0) is 37.1 Å². The van der Waals surface area contributed by atoms with Gasteiger partial charge < -0.3 is 0 Å². The van der Waals surface area contributed by atoms with Crippen molar-refractivity contribution < 1.29 is 21.6 Å². The minimum Gasteiger partial charge on any atom is -0.295 e. The molecule has 0 spiro atoms. The van der Waals surface area contributed by atoms with Crippen LogP contribution in [-0.4, -0.2) is 41.5 Å². The van der Waals surface area contributed by atoms with Crippen molar-refractivity contribution in [3.05, 3.63) is 59.7 Å². The van der Waals surface area contributed by atoms with E-state index < -0.39 is 20.0 Å². The van der Waals surface area contributed by atoms with E-state index in [2.05, 4.69) is 4.72 Å².